The molecule has 2 nitrogen and oxygen atoms in total. The first-order chi connectivity index (χ1) is 36.0. The second kappa shape index (κ2) is 14.6. The number of furan rings is 1. The minimum absolute atomic E-state index is 0.200. The van der Waals surface area contributed by atoms with Crippen LogP contribution in [0.1, 0.15) is 69.5 Å². The van der Waals surface area contributed by atoms with E-state index in [1.807, 2.05) is 0 Å². The van der Waals surface area contributed by atoms with Crippen LogP contribution in [0.25, 0.3) is 66.4 Å². The molecule has 0 radical (unpaired) electrons. The molecule has 0 saturated heterocycles. The molecule has 11 aromatic carbocycles. The smallest absolute Gasteiger partial charge is 0.159 e. The number of rotatable bonds is 5. The molecule has 4 aliphatic carbocycles. The van der Waals surface area contributed by atoms with Crippen LogP contribution in [0.4, 0.5) is 17.1 Å². The Morgan fingerprint density at radius 3 is 1.21 bits per heavy atom. The Morgan fingerprint density at radius 1 is 0.288 bits per heavy atom. The quantitative estimate of drug-likeness (QED) is 0.171. The Hall–Kier alpha value is -8.98. The van der Waals surface area contributed by atoms with Crippen LogP contribution in [-0.4, -0.2) is 0 Å². The van der Waals surface area contributed by atoms with E-state index in [-0.39, 0.29) is 5.41 Å². The fourth-order valence-electron chi connectivity index (χ4n) is 14.4. The molecule has 0 saturated carbocycles. The van der Waals surface area contributed by atoms with Gasteiger partial charge in [-0.2, -0.15) is 0 Å². The van der Waals surface area contributed by atoms with E-state index in [2.05, 4.69) is 267 Å². The van der Waals surface area contributed by atoms with Crippen molar-refractivity contribution in [2.24, 2.45) is 0 Å². The van der Waals surface area contributed by atoms with E-state index in [0.717, 1.165) is 44.6 Å². The monoisotopic (exact) mass is 929 g/mol. The summed E-state index contributed by atoms with van der Waals surface area (Å²) in [6.45, 7) is 4.75. The Morgan fingerprint density at radius 2 is 0.671 bits per heavy atom. The Kier molecular flexibility index (Phi) is 8.12. The van der Waals surface area contributed by atoms with Gasteiger partial charge in [0.2, 0.25) is 0 Å². The van der Waals surface area contributed by atoms with Crippen molar-refractivity contribution in [3.05, 3.63) is 304 Å². The highest BCUT2D eigenvalue weighted by Gasteiger charge is 2.52. The van der Waals surface area contributed by atoms with Gasteiger partial charge in [0.15, 0.2) is 5.58 Å². The zero-order valence-electron chi connectivity index (χ0n) is 40.5. The lowest BCUT2D eigenvalue weighted by atomic mass is 9.67. The lowest BCUT2D eigenvalue weighted by Gasteiger charge is -2.33. The average molecular weight is 930 g/mol. The zero-order valence-corrected chi connectivity index (χ0v) is 40.5. The summed E-state index contributed by atoms with van der Waals surface area (Å²) in [6.07, 6.45) is 0. The molecule has 12 aromatic rings. The molecule has 0 N–H and O–H groups in total. The third kappa shape index (κ3) is 5.08. The third-order valence-corrected chi connectivity index (χ3v) is 17.4. The Bertz CT molecular complexity index is 4210. The van der Waals surface area contributed by atoms with Gasteiger partial charge in [-0.25, -0.2) is 0 Å². The van der Waals surface area contributed by atoms with Gasteiger partial charge in [-0.15, -0.1) is 0 Å². The van der Waals surface area contributed by atoms with Gasteiger partial charge < -0.3 is 9.32 Å². The highest BCUT2D eigenvalue weighted by Crippen LogP contribution is 2.64. The molecule has 1 spiro atoms. The van der Waals surface area contributed by atoms with Crippen molar-refractivity contribution >= 4 is 39.0 Å². The van der Waals surface area contributed by atoms with Crippen LogP contribution in [0.3, 0.4) is 0 Å². The van der Waals surface area contributed by atoms with E-state index in [1.54, 1.807) is 0 Å². The summed E-state index contributed by atoms with van der Waals surface area (Å²) < 4.78 is 7.70. The summed E-state index contributed by atoms with van der Waals surface area (Å²) in [4.78, 5) is 2.49. The molecule has 1 heterocycles. The van der Waals surface area contributed by atoms with Crippen LogP contribution in [0.2, 0.25) is 0 Å². The molecular formula is C71H47NO. The summed E-state index contributed by atoms with van der Waals surface area (Å²) in [5, 5.41) is 2.18. The van der Waals surface area contributed by atoms with E-state index >= 15 is 0 Å². The Labute approximate surface area is 425 Å². The van der Waals surface area contributed by atoms with Gasteiger partial charge in [-0.1, -0.05) is 232 Å². The molecule has 342 valence electrons. The van der Waals surface area contributed by atoms with Crippen LogP contribution in [-0.2, 0) is 16.2 Å². The molecule has 0 atom stereocenters. The molecule has 0 unspecified atom stereocenters. The summed E-state index contributed by atoms with van der Waals surface area (Å²) in [5.74, 6) is 0. The molecule has 0 bridgehead atoms. The maximum atomic E-state index is 7.70. The van der Waals surface area contributed by atoms with Crippen LogP contribution in [0.5, 0.6) is 0 Å². The van der Waals surface area contributed by atoms with E-state index in [0.29, 0.717) is 0 Å². The minimum atomic E-state index is -0.626. The largest absolute Gasteiger partial charge is 0.453 e. The molecule has 0 fully saturated rings. The summed E-state index contributed by atoms with van der Waals surface area (Å²) in [5.41, 5.74) is 26.7. The molecule has 0 amide bonds. The average Bonchev–Trinajstić information content (AvgIpc) is 4.21. The topological polar surface area (TPSA) is 16.4 Å². The lowest BCUT2D eigenvalue weighted by molar-refractivity contribution is 0.648. The second-order valence-electron chi connectivity index (χ2n) is 21.0. The van der Waals surface area contributed by atoms with E-state index in [4.69, 9.17) is 4.42 Å². The maximum absolute atomic E-state index is 7.70. The minimum Gasteiger partial charge on any atom is -0.453 e. The molecule has 73 heavy (non-hydrogen) atoms. The summed E-state index contributed by atoms with van der Waals surface area (Å²) in [7, 11) is 0. The van der Waals surface area contributed by atoms with Gasteiger partial charge in [0, 0.05) is 33.1 Å². The summed E-state index contributed by atoms with van der Waals surface area (Å²) >= 11 is 0. The van der Waals surface area contributed by atoms with Gasteiger partial charge in [-0.3, -0.25) is 0 Å². The standard InChI is InChI=1S/C71H47NO/c1-69(2)57-30-12-6-22-47(57)53-40-38-45(42-64(53)69)72(46-39-41-54-52-27-11-17-35-62(52)71(65(54)43-46)60-33-15-9-25-50(60)51-26-10-16-34-61(51)71)66-37-19-29-56-55-28-18-36-63(67(55)73-68(56)66)70(44-20-4-3-5-21-44)58-31-13-7-23-48(58)49-24-8-14-32-59(49)70/h3-43H,1-2H3. The van der Waals surface area contributed by atoms with Crippen molar-refractivity contribution in [2.45, 2.75) is 30.1 Å². The Balaban J connectivity index is 0.983. The van der Waals surface area contributed by atoms with Crippen molar-refractivity contribution in [1.29, 1.82) is 0 Å². The van der Waals surface area contributed by atoms with Crippen molar-refractivity contribution in [3.63, 3.8) is 0 Å². The van der Waals surface area contributed by atoms with Gasteiger partial charge in [-0.05, 0) is 125 Å². The molecular weight excluding hydrogens is 883 g/mol. The van der Waals surface area contributed by atoms with Crippen molar-refractivity contribution in [1.82, 2.24) is 0 Å². The second-order valence-corrected chi connectivity index (χ2v) is 21.0. The fraction of sp³-hybridized carbons (Fsp3) is 0.0704. The van der Waals surface area contributed by atoms with Crippen LogP contribution in [0, 0.1) is 0 Å². The highest BCUT2D eigenvalue weighted by atomic mass is 16.3. The number of benzene rings is 11. The molecule has 1 aromatic heterocycles. The molecule has 2 heteroatoms. The van der Waals surface area contributed by atoms with Crippen LogP contribution in [0.15, 0.2) is 253 Å². The van der Waals surface area contributed by atoms with E-state index in [1.165, 1.54) is 94.6 Å². The number of para-hydroxylation sites is 2. The van der Waals surface area contributed by atoms with E-state index < -0.39 is 10.8 Å². The normalized spacial score (nSPS) is 15.0. The van der Waals surface area contributed by atoms with Crippen LogP contribution >= 0.6 is 0 Å². The van der Waals surface area contributed by atoms with Gasteiger partial charge in [0.1, 0.15) is 5.58 Å². The predicted molar refractivity (Wildman–Crippen MR) is 300 cm³/mol. The van der Waals surface area contributed by atoms with Gasteiger partial charge >= 0.3 is 0 Å². The zero-order chi connectivity index (χ0) is 48.2. The predicted octanol–water partition coefficient (Wildman–Crippen LogP) is 18.1. The van der Waals surface area contributed by atoms with Crippen molar-refractivity contribution in [2.75, 3.05) is 4.90 Å². The third-order valence-electron chi connectivity index (χ3n) is 17.4. The fourth-order valence-corrected chi connectivity index (χ4v) is 14.4. The number of nitrogens with zero attached hydrogens (tertiary/aromatic N) is 1. The SMILES string of the molecule is CC1(C)c2ccccc2-c2ccc(N(c3ccc4c(c3)C3(c5ccccc5-c5ccccc53)c3ccccc3-4)c3cccc4c3oc3c(C5(c6ccccc6)c6ccccc6-c6ccccc65)cccc34)cc21. The molecule has 4 aliphatic rings. The first kappa shape index (κ1) is 40.7. The lowest BCUT2D eigenvalue weighted by Crippen LogP contribution is -2.28. The van der Waals surface area contributed by atoms with Crippen molar-refractivity contribution < 1.29 is 4.42 Å². The summed E-state index contributed by atoms with van der Waals surface area (Å²) in [6, 6.07) is 93.1. The first-order valence-electron chi connectivity index (χ1n) is 25.7. The number of hydrogen-bond donors (Lipinski definition) is 0. The molecule has 0 aliphatic heterocycles. The number of hydrogen-bond acceptors (Lipinski definition) is 2. The van der Waals surface area contributed by atoms with E-state index in [9.17, 15) is 0 Å². The van der Waals surface area contributed by atoms with Gasteiger partial charge in [0.25, 0.3) is 0 Å². The number of anilines is 3. The number of fused-ring (bicyclic) bond motifs is 19. The maximum Gasteiger partial charge on any atom is 0.159 e. The van der Waals surface area contributed by atoms with Crippen LogP contribution < -0.4 is 4.90 Å². The van der Waals surface area contributed by atoms with Gasteiger partial charge in [0.05, 0.1) is 16.5 Å². The first-order valence-corrected chi connectivity index (χ1v) is 25.7. The van der Waals surface area contributed by atoms with Crippen molar-refractivity contribution in [3.8, 4) is 44.5 Å². The highest BCUT2D eigenvalue weighted by molar-refractivity contribution is 6.12. The molecule has 16 rings (SSSR count).